The van der Waals surface area contributed by atoms with Crippen molar-refractivity contribution >= 4 is 28.2 Å². The Morgan fingerprint density at radius 3 is 2.51 bits per heavy atom. The van der Waals surface area contributed by atoms with Gasteiger partial charge in [-0.05, 0) is 62.9 Å². The minimum absolute atomic E-state index is 0.184. The number of hydrogen-bond acceptors (Lipinski definition) is 6. The molecule has 0 radical (unpaired) electrons. The first-order valence-electron chi connectivity index (χ1n) is 12.5. The number of amides is 1. The van der Waals surface area contributed by atoms with Crippen molar-refractivity contribution in [1.82, 2.24) is 14.5 Å². The minimum atomic E-state index is -0.253. The summed E-state index contributed by atoms with van der Waals surface area (Å²) in [6.07, 6.45) is 1.54. The molecule has 4 aromatic rings. The number of nitrogens with zero attached hydrogens (tertiary/aromatic N) is 4. The van der Waals surface area contributed by atoms with Crippen LogP contribution in [0.3, 0.4) is 0 Å². The molecule has 0 unspecified atom stereocenters. The van der Waals surface area contributed by atoms with E-state index in [-0.39, 0.29) is 11.5 Å². The molecular formula is C29H31N5O3. The molecule has 8 heteroatoms. The zero-order chi connectivity index (χ0) is 25.9. The van der Waals surface area contributed by atoms with Crippen molar-refractivity contribution in [3.63, 3.8) is 0 Å². The molecule has 1 aliphatic heterocycles. The molecule has 1 N–H and O–H groups in total. The number of carbonyl (C=O) groups excluding carboxylic acids is 1. The summed E-state index contributed by atoms with van der Waals surface area (Å²) >= 11 is 0. The number of benzene rings is 3. The number of nitrogens with one attached hydrogen (secondary N) is 1. The Kier molecular flexibility index (Phi) is 6.92. The maximum atomic E-state index is 13.8. The molecular weight excluding hydrogens is 466 g/mol. The number of ether oxygens (including phenoxy) is 1. The lowest BCUT2D eigenvalue weighted by molar-refractivity contribution is 0.102. The van der Waals surface area contributed by atoms with E-state index in [1.807, 2.05) is 56.3 Å². The monoisotopic (exact) mass is 497 g/mol. The zero-order valence-corrected chi connectivity index (χ0v) is 21.4. The van der Waals surface area contributed by atoms with Crippen molar-refractivity contribution in [2.45, 2.75) is 13.8 Å². The number of likely N-dealkylation sites (N-methyl/N-ethyl adjacent to an activating group) is 1. The van der Waals surface area contributed by atoms with Crippen LogP contribution in [0, 0.1) is 6.92 Å². The van der Waals surface area contributed by atoms with Gasteiger partial charge in [0.25, 0.3) is 11.5 Å². The predicted octanol–water partition coefficient (Wildman–Crippen LogP) is 4.10. The number of rotatable bonds is 6. The summed E-state index contributed by atoms with van der Waals surface area (Å²) in [4.78, 5) is 35.9. The van der Waals surface area contributed by atoms with Gasteiger partial charge in [-0.2, -0.15) is 0 Å². The van der Waals surface area contributed by atoms with Gasteiger partial charge in [0.2, 0.25) is 0 Å². The van der Waals surface area contributed by atoms with E-state index in [0.717, 1.165) is 37.4 Å². The Bertz CT molecular complexity index is 1490. The molecule has 37 heavy (non-hydrogen) atoms. The van der Waals surface area contributed by atoms with E-state index >= 15 is 0 Å². The number of piperazine rings is 1. The van der Waals surface area contributed by atoms with Gasteiger partial charge >= 0.3 is 0 Å². The summed E-state index contributed by atoms with van der Waals surface area (Å²) in [5, 5.41) is 3.49. The quantitative estimate of drug-likeness (QED) is 0.432. The summed E-state index contributed by atoms with van der Waals surface area (Å²) in [5.41, 5.74) is 3.90. The minimum Gasteiger partial charge on any atom is -0.489 e. The fourth-order valence-electron chi connectivity index (χ4n) is 4.67. The van der Waals surface area contributed by atoms with E-state index in [4.69, 9.17) is 4.74 Å². The molecule has 190 valence electrons. The summed E-state index contributed by atoms with van der Waals surface area (Å²) in [6, 6.07) is 18.5. The van der Waals surface area contributed by atoms with Crippen molar-refractivity contribution in [1.29, 1.82) is 0 Å². The van der Waals surface area contributed by atoms with Crippen molar-refractivity contribution in [2.24, 2.45) is 0 Å². The molecule has 8 nitrogen and oxygen atoms in total. The fourth-order valence-corrected chi connectivity index (χ4v) is 4.67. The first-order valence-corrected chi connectivity index (χ1v) is 12.5. The molecule has 0 saturated carbocycles. The van der Waals surface area contributed by atoms with Crippen molar-refractivity contribution in [3.05, 3.63) is 88.5 Å². The largest absolute Gasteiger partial charge is 0.489 e. The van der Waals surface area contributed by atoms with Gasteiger partial charge in [-0.1, -0.05) is 24.3 Å². The molecule has 1 saturated heterocycles. The molecule has 0 spiro atoms. The SMILES string of the molecule is CCOc1c(NC(=O)c2ccccc2)ccc(C)c1-n1cnc2ccc(N3CCN(C)CC3)cc2c1=O. The van der Waals surface area contributed by atoms with Gasteiger partial charge in [0.1, 0.15) is 6.33 Å². The molecule has 0 atom stereocenters. The van der Waals surface area contributed by atoms with Gasteiger partial charge in [0, 0.05) is 37.4 Å². The van der Waals surface area contributed by atoms with Gasteiger partial charge in [-0.3, -0.25) is 14.2 Å². The lowest BCUT2D eigenvalue weighted by Gasteiger charge is -2.34. The third-order valence-corrected chi connectivity index (χ3v) is 6.76. The molecule has 5 rings (SSSR count). The van der Waals surface area contributed by atoms with Crippen molar-refractivity contribution in [2.75, 3.05) is 50.1 Å². The Labute approximate surface area is 216 Å². The average Bonchev–Trinajstić information content (AvgIpc) is 2.92. The second-order valence-electron chi connectivity index (χ2n) is 9.27. The maximum Gasteiger partial charge on any atom is 0.265 e. The van der Waals surface area contributed by atoms with Gasteiger partial charge in [-0.25, -0.2) is 4.98 Å². The summed E-state index contributed by atoms with van der Waals surface area (Å²) < 4.78 is 7.54. The van der Waals surface area contributed by atoms with E-state index in [2.05, 4.69) is 27.1 Å². The number of carbonyl (C=O) groups is 1. The van der Waals surface area contributed by atoms with Crippen LogP contribution in [0.15, 0.2) is 71.8 Å². The van der Waals surface area contributed by atoms with Gasteiger partial charge in [0.05, 0.1) is 28.9 Å². The maximum absolute atomic E-state index is 13.8. The van der Waals surface area contributed by atoms with Gasteiger partial charge < -0.3 is 19.9 Å². The number of aryl methyl sites for hydroxylation is 1. The molecule has 1 aliphatic rings. The van der Waals surface area contributed by atoms with E-state index in [0.29, 0.717) is 40.2 Å². The summed E-state index contributed by atoms with van der Waals surface area (Å²) in [7, 11) is 2.12. The second kappa shape index (κ2) is 10.4. The highest BCUT2D eigenvalue weighted by Gasteiger charge is 2.20. The van der Waals surface area contributed by atoms with Crippen LogP contribution in [0.2, 0.25) is 0 Å². The topological polar surface area (TPSA) is 79.7 Å². The highest BCUT2D eigenvalue weighted by atomic mass is 16.5. The first-order chi connectivity index (χ1) is 18.0. The third kappa shape index (κ3) is 4.93. The first kappa shape index (κ1) is 24.5. The molecule has 0 bridgehead atoms. The highest BCUT2D eigenvalue weighted by molar-refractivity contribution is 6.05. The second-order valence-corrected chi connectivity index (χ2v) is 9.27. The average molecular weight is 498 g/mol. The Hall–Kier alpha value is -4.17. The van der Waals surface area contributed by atoms with Crippen LogP contribution < -0.4 is 20.5 Å². The van der Waals surface area contributed by atoms with Crippen molar-refractivity contribution < 1.29 is 9.53 Å². The summed E-state index contributed by atoms with van der Waals surface area (Å²) in [5.74, 6) is 0.183. The van der Waals surface area contributed by atoms with Crippen LogP contribution in [0.25, 0.3) is 16.6 Å². The molecule has 1 fully saturated rings. The van der Waals surface area contributed by atoms with Crippen LogP contribution >= 0.6 is 0 Å². The van der Waals surface area contributed by atoms with Gasteiger partial charge in [-0.15, -0.1) is 0 Å². The third-order valence-electron chi connectivity index (χ3n) is 6.76. The molecule has 0 aliphatic carbocycles. The molecule has 1 aromatic heterocycles. The molecule has 1 amide bonds. The number of anilines is 2. The lowest BCUT2D eigenvalue weighted by Crippen LogP contribution is -2.44. The summed E-state index contributed by atoms with van der Waals surface area (Å²) in [6.45, 7) is 7.94. The number of fused-ring (bicyclic) bond motifs is 1. The Balaban J connectivity index is 1.58. The highest BCUT2D eigenvalue weighted by Crippen LogP contribution is 2.35. The van der Waals surface area contributed by atoms with Crippen LogP contribution in [-0.4, -0.2) is 60.2 Å². The van der Waals surface area contributed by atoms with Crippen molar-refractivity contribution in [3.8, 4) is 11.4 Å². The standard InChI is InChI=1S/C29H31N5O3/c1-4-37-27-25(31-28(35)21-8-6-5-7-9-21)12-10-20(2)26(27)34-19-30-24-13-11-22(18-23(24)29(34)36)33-16-14-32(3)15-17-33/h5-13,18-19H,4,14-17H2,1-3H3,(H,31,35). The zero-order valence-electron chi connectivity index (χ0n) is 21.4. The van der Waals surface area contributed by atoms with Crippen LogP contribution in [-0.2, 0) is 0 Å². The van der Waals surface area contributed by atoms with E-state index in [1.54, 1.807) is 18.2 Å². The molecule has 2 heterocycles. The Morgan fingerprint density at radius 1 is 1.03 bits per heavy atom. The lowest BCUT2D eigenvalue weighted by atomic mass is 10.1. The normalized spacial score (nSPS) is 14.1. The number of aromatic nitrogens is 2. The van der Waals surface area contributed by atoms with E-state index in [9.17, 15) is 9.59 Å². The predicted molar refractivity (Wildman–Crippen MR) is 147 cm³/mol. The van der Waals surface area contributed by atoms with Gasteiger partial charge in [0.15, 0.2) is 5.75 Å². The van der Waals surface area contributed by atoms with Crippen LogP contribution in [0.1, 0.15) is 22.8 Å². The molecule has 3 aromatic carbocycles. The van der Waals surface area contributed by atoms with Crippen LogP contribution in [0.5, 0.6) is 5.75 Å². The Morgan fingerprint density at radius 2 is 1.78 bits per heavy atom. The smallest absolute Gasteiger partial charge is 0.265 e. The fraction of sp³-hybridized carbons (Fsp3) is 0.276. The number of hydrogen-bond donors (Lipinski definition) is 1. The van der Waals surface area contributed by atoms with E-state index in [1.165, 1.54) is 10.9 Å². The van der Waals surface area contributed by atoms with Crippen LogP contribution in [0.4, 0.5) is 11.4 Å². The van der Waals surface area contributed by atoms with E-state index < -0.39 is 0 Å².